The first-order valence-electron chi connectivity index (χ1n) is 13.5. The fourth-order valence-corrected chi connectivity index (χ4v) is 5.14. The summed E-state index contributed by atoms with van der Waals surface area (Å²) in [5.41, 5.74) is 3.53. The van der Waals surface area contributed by atoms with Gasteiger partial charge < -0.3 is 14.7 Å². The number of hydrogen-bond donors (Lipinski definition) is 1. The summed E-state index contributed by atoms with van der Waals surface area (Å²) in [6.45, 7) is 13.6. The van der Waals surface area contributed by atoms with Crippen LogP contribution in [-0.4, -0.2) is 53.9 Å². The Morgan fingerprint density at radius 1 is 1.15 bits per heavy atom. The molecule has 9 heteroatoms. The van der Waals surface area contributed by atoms with Gasteiger partial charge in [-0.1, -0.05) is 44.2 Å². The minimum atomic E-state index is -1.18. The Kier molecular flexibility index (Phi) is 6.97. The van der Waals surface area contributed by atoms with Crippen LogP contribution in [0, 0.1) is 12.3 Å². The number of carbonyl (C=O) groups is 1. The first kappa shape index (κ1) is 26.9. The zero-order valence-electron chi connectivity index (χ0n) is 23.7. The molecular formula is C30H38N6O3. The van der Waals surface area contributed by atoms with Crippen LogP contribution in [-0.2, 0) is 16.0 Å². The maximum atomic E-state index is 12.6. The molecule has 1 N–H and O–H groups in total. The van der Waals surface area contributed by atoms with E-state index in [1.54, 1.807) is 10.8 Å². The molecule has 39 heavy (non-hydrogen) atoms. The number of piperidine rings is 1. The average molecular weight is 531 g/mol. The molecule has 0 amide bonds. The number of imidazole rings is 1. The lowest BCUT2D eigenvalue weighted by Crippen LogP contribution is -2.40. The molecule has 0 radical (unpaired) electrons. The van der Waals surface area contributed by atoms with Gasteiger partial charge in [0.15, 0.2) is 17.6 Å². The third kappa shape index (κ3) is 5.83. The smallest absolute Gasteiger partial charge is 0.337 e. The van der Waals surface area contributed by atoms with Crippen molar-refractivity contribution in [1.29, 1.82) is 0 Å². The minimum Gasteiger partial charge on any atom is -0.479 e. The molecule has 1 fully saturated rings. The number of aromatic nitrogens is 5. The van der Waals surface area contributed by atoms with E-state index in [2.05, 4.69) is 35.9 Å². The van der Waals surface area contributed by atoms with Crippen LogP contribution in [0.5, 0.6) is 0 Å². The maximum Gasteiger partial charge on any atom is 0.337 e. The highest BCUT2D eigenvalue weighted by Crippen LogP contribution is 2.38. The first-order chi connectivity index (χ1) is 18.4. The quantitative estimate of drug-likeness (QED) is 0.342. The average Bonchev–Trinajstić information content (AvgIpc) is 3.49. The van der Waals surface area contributed by atoms with E-state index in [-0.39, 0.29) is 5.41 Å². The lowest BCUT2D eigenvalue weighted by molar-refractivity contribution is -0.160. The summed E-state index contributed by atoms with van der Waals surface area (Å²) in [5.74, 6) is 0.369. The molecule has 0 aliphatic carbocycles. The van der Waals surface area contributed by atoms with Gasteiger partial charge >= 0.3 is 5.97 Å². The van der Waals surface area contributed by atoms with Gasteiger partial charge in [0.2, 0.25) is 0 Å². The third-order valence-electron chi connectivity index (χ3n) is 7.29. The number of nitrogens with zero attached hydrogens (tertiary/aromatic N) is 6. The molecule has 3 aromatic heterocycles. The Morgan fingerprint density at radius 3 is 2.49 bits per heavy atom. The van der Waals surface area contributed by atoms with Gasteiger partial charge in [0.1, 0.15) is 12.1 Å². The van der Waals surface area contributed by atoms with Crippen molar-refractivity contribution >= 4 is 17.4 Å². The van der Waals surface area contributed by atoms with Crippen molar-refractivity contribution in [2.24, 2.45) is 5.41 Å². The number of hydrogen-bond acceptors (Lipinski definition) is 6. The Labute approximate surface area is 229 Å². The van der Waals surface area contributed by atoms with Crippen LogP contribution in [0.3, 0.4) is 0 Å². The molecule has 4 heterocycles. The molecule has 0 spiro atoms. The summed E-state index contributed by atoms with van der Waals surface area (Å²) < 4.78 is 9.80. The molecule has 1 saturated heterocycles. The number of ether oxygens (including phenoxy) is 1. The molecular weight excluding hydrogens is 492 g/mol. The number of rotatable bonds is 7. The van der Waals surface area contributed by atoms with Crippen LogP contribution in [0.2, 0.25) is 0 Å². The third-order valence-corrected chi connectivity index (χ3v) is 7.29. The molecule has 1 atom stereocenters. The highest BCUT2D eigenvalue weighted by molar-refractivity contribution is 5.78. The van der Waals surface area contributed by atoms with Crippen molar-refractivity contribution in [2.45, 2.75) is 72.5 Å². The van der Waals surface area contributed by atoms with Gasteiger partial charge in [0, 0.05) is 37.5 Å². The summed E-state index contributed by atoms with van der Waals surface area (Å²) in [6, 6.07) is 12.1. The van der Waals surface area contributed by atoms with Crippen LogP contribution in [0.15, 0.2) is 48.9 Å². The van der Waals surface area contributed by atoms with E-state index in [1.807, 2.05) is 62.7 Å². The molecule has 4 aromatic rings. The molecule has 5 rings (SSSR count). The standard InChI is InChI=1S/C30H38N6O3/c1-20-25(26(28(37)38)39-29(2,3)4)27(34-14-12-30(5,6)13-15-34)36-23(32-20)17-24(33-36)35-18-22(31-19-35)16-21-10-8-7-9-11-21/h7-11,17-19,26H,12-16H2,1-6H3,(H,37,38)/t26-/m0/s1. The lowest BCUT2D eigenvalue weighted by atomic mass is 9.82. The van der Waals surface area contributed by atoms with E-state index in [0.29, 0.717) is 22.7 Å². The van der Waals surface area contributed by atoms with Crippen LogP contribution >= 0.6 is 0 Å². The number of carboxylic acid groups (broad SMARTS) is 1. The van der Waals surface area contributed by atoms with E-state index < -0.39 is 17.7 Å². The van der Waals surface area contributed by atoms with Crippen LogP contribution in [0.1, 0.15) is 76.1 Å². The van der Waals surface area contributed by atoms with Crippen LogP contribution in [0.4, 0.5) is 5.82 Å². The fourth-order valence-electron chi connectivity index (χ4n) is 5.14. The molecule has 206 valence electrons. The predicted molar refractivity (Wildman–Crippen MR) is 151 cm³/mol. The van der Waals surface area contributed by atoms with Crippen LogP contribution < -0.4 is 4.90 Å². The van der Waals surface area contributed by atoms with Crippen molar-refractivity contribution in [3.63, 3.8) is 0 Å². The molecule has 1 aliphatic rings. The van der Waals surface area contributed by atoms with Gasteiger partial charge in [-0.2, -0.15) is 4.52 Å². The number of aliphatic carboxylic acids is 1. The second-order valence-electron chi connectivity index (χ2n) is 12.2. The summed E-state index contributed by atoms with van der Waals surface area (Å²) in [7, 11) is 0. The summed E-state index contributed by atoms with van der Waals surface area (Å²) in [6.07, 6.45) is 5.28. The van der Waals surface area contributed by atoms with Gasteiger partial charge in [-0.25, -0.2) is 14.8 Å². The van der Waals surface area contributed by atoms with E-state index in [9.17, 15) is 9.90 Å². The Morgan fingerprint density at radius 2 is 1.85 bits per heavy atom. The van der Waals surface area contributed by atoms with Crippen molar-refractivity contribution in [1.82, 2.24) is 24.1 Å². The minimum absolute atomic E-state index is 0.229. The molecule has 1 aliphatic heterocycles. The second-order valence-corrected chi connectivity index (χ2v) is 12.2. The molecule has 0 saturated carbocycles. The molecule has 0 unspecified atom stereocenters. The lowest BCUT2D eigenvalue weighted by Gasteiger charge is -2.39. The molecule has 9 nitrogen and oxygen atoms in total. The van der Waals surface area contributed by atoms with Gasteiger partial charge in [0.05, 0.1) is 16.9 Å². The number of fused-ring (bicyclic) bond motifs is 1. The Bertz CT molecular complexity index is 1470. The Hall–Kier alpha value is -3.72. The van der Waals surface area contributed by atoms with E-state index in [1.165, 1.54) is 5.56 Å². The van der Waals surface area contributed by atoms with Gasteiger partial charge in [-0.15, -0.1) is 5.10 Å². The first-order valence-corrected chi connectivity index (χ1v) is 13.5. The number of anilines is 1. The van der Waals surface area contributed by atoms with Crippen molar-refractivity contribution in [2.75, 3.05) is 18.0 Å². The summed E-state index contributed by atoms with van der Waals surface area (Å²) >= 11 is 0. The molecule has 0 bridgehead atoms. The Balaban J connectivity index is 1.61. The zero-order valence-corrected chi connectivity index (χ0v) is 23.7. The number of carboxylic acids is 1. The number of aryl methyl sites for hydroxylation is 1. The summed E-state index contributed by atoms with van der Waals surface area (Å²) in [4.78, 5) is 24.2. The highest BCUT2D eigenvalue weighted by atomic mass is 16.5. The van der Waals surface area contributed by atoms with Gasteiger partial charge in [0.25, 0.3) is 0 Å². The predicted octanol–water partition coefficient (Wildman–Crippen LogP) is 5.38. The van der Waals surface area contributed by atoms with Gasteiger partial charge in [-0.05, 0) is 51.5 Å². The van der Waals surface area contributed by atoms with Crippen LogP contribution in [0.25, 0.3) is 11.5 Å². The second kappa shape index (κ2) is 10.1. The largest absolute Gasteiger partial charge is 0.479 e. The summed E-state index contributed by atoms with van der Waals surface area (Å²) in [5, 5.41) is 15.2. The maximum absolute atomic E-state index is 12.6. The fraction of sp³-hybridized carbons (Fsp3) is 0.467. The normalized spacial score (nSPS) is 16.5. The highest BCUT2D eigenvalue weighted by Gasteiger charge is 2.36. The van der Waals surface area contributed by atoms with Crippen molar-refractivity contribution in [3.8, 4) is 5.82 Å². The SMILES string of the molecule is Cc1nc2cc(-n3cnc(Cc4ccccc4)c3)nn2c(N2CCC(C)(C)CC2)c1[C@H](OC(C)(C)C)C(=O)O. The van der Waals surface area contributed by atoms with Crippen molar-refractivity contribution in [3.05, 3.63) is 71.4 Å². The zero-order chi connectivity index (χ0) is 27.9. The van der Waals surface area contributed by atoms with E-state index >= 15 is 0 Å². The topological polar surface area (TPSA) is 97.8 Å². The molecule has 1 aromatic carbocycles. The van der Waals surface area contributed by atoms with E-state index in [4.69, 9.17) is 14.8 Å². The van der Waals surface area contributed by atoms with Gasteiger partial charge in [-0.3, -0.25) is 4.57 Å². The van der Waals surface area contributed by atoms with E-state index in [0.717, 1.165) is 43.9 Å². The number of benzene rings is 1. The van der Waals surface area contributed by atoms with Crippen molar-refractivity contribution < 1.29 is 14.6 Å². The monoisotopic (exact) mass is 530 g/mol.